The quantitative estimate of drug-likeness (QED) is 0.385. The maximum Gasteiger partial charge on any atom is 0.379 e. The lowest BCUT2D eigenvalue weighted by Crippen LogP contribution is -2.30. The van der Waals surface area contributed by atoms with Crippen molar-refractivity contribution >= 4 is 40.0 Å². The van der Waals surface area contributed by atoms with E-state index in [9.17, 15) is 14.4 Å². The summed E-state index contributed by atoms with van der Waals surface area (Å²) in [5.41, 5.74) is 2.60. The molecule has 0 bridgehead atoms. The van der Waals surface area contributed by atoms with E-state index in [1.54, 1.807) is 19.1 Å². The summed E-state index contributed by atoms with van der Waals surface area (Å²) in [5, 5.41) is 7.11. The van der Waals surface area contributed by atoms with Crippen molar-refractivity contribution < 1.29 is 23.9 Å². The van der Waals surface area contributed by atoms with Crippen molar-refractivity contribution in [2.75, 3.05) is 11.9 Å². The van der Waals surface area contributed by atoms with Gasteiger partial charge in [0, 0.05) is 16.3 Å². The molecule has 0 saturated carbocycles. The second kappa shape index (κ2) is 10.0. The number of esters is 2. The number of hydrogen-bond acceptors (Lipinski definition) is 9. The van der Waals surface area contributed by atoms with Crippen LogP contribution in [0, 0.1) is 13.8 Å². The van der Waals surface area contributed by atoms with E-state index in [2.05, 4.69) is 20.4 Å². The minimum Gasteiger partial charge on any atom is -0.462 e. The molecule has 3 heterocycles. The summed E-state index contributed by atoms with van der Waals surface area (Å²) >= 11 is 1.22. The lowest BCUT2D eigenvalue weighted by Gasteiger charge is -2.12. The third-order valence-electron chi connectivity index (χ3n) is 4.98. The fourth-order valence-electron chi connectivity index (χ4n) is 3.32. The third-order valence-corrected chi connectivity index (χ3v) is 6.08. The van der Waals surface area contributed by atoms with E-state index in [1.165, 1.54) is 22.8 Å². The number of nitrogens with one attached hydrogen (secondary N) is 1. The standard InChI is InChI=1S/C24H23N5O5S/c1-5-33-22(31)17-12-18(16-9-7-6-8-10-16)35-21(17)27-20(30)15(4)34-23(32)19-26-24-25-13(2)11-14(3)29(24)28-19/h6-12,15H,5H2,1-4H3,(H,27,30). The molecule has 0 radical (unpaired) electrons. The van der Waals surface area contributed by atoms with E-state index in [1.807, 2.05) is 44.2 Å². The zero-order chi connectivity index (χ0) is 25.1. The van der Waals surface area contributed by atoms with Gasteiger partial charge in [-0.1, -0.05) is 30.3 Å². The Hall–Kier alpha value is -4.12. The van der Waals surface area contributed by atoms with Crippen LogP contribution in [0.2, 0.25) is 0 Å². The molecule has 3 aromatic heterocycles. The van der Waals surface area contributed by atoms with Gasteiger partial charge in [-0.3, -0.25) is 4.79 Å². The molecule has 1 unspecified atom stereocenters. The van der Waals surface area contributed by atoms with Crippen LogP contribution in [0.4, 0.5) is 5.00 Å². The Balaban J connectivity index is 1.51. The number of aryl methyl sites for hydroxylation is 2. The van der Waals surface area contributed by atoms with Crippen LogP contribution in [-0.2, 0) is 14.3 Å². The molecule has 0 saturated heterocycles. The fourth-order valence-corrected chi connectivity index (χ4v) is 4.38. The Morgan fingerprint density at radius 3 is 2.54 bits per heavy atom. The van der Waals surface area contributed by atoms with E-state index in [0.717, 1.165) is 21.8 Å². The summed E-state index contributed by atoms with van der Waals surface area (Å²) in [5.74, 6) is -1.98. The Kier molecular flexibility index (Phi) is 6.87. The molecule has 4 aromatic rings. The van der Waals surface area contributed by atoms with Gasteiger partial charge in [0.2, 0.25) is 0 Å². The van der Waals surface area contributed by atoms with Crippen LogP contribution in [0.5, 0.6) is 0 Å². The summed E-state index contributed by atoms with van der Waals surface area (Å²) in [7, 11) is 0. The molecule has 0 spiro atoms. The first-order valence-electron chi connectivity index (χ1n) is 10.9. The van der Waals surface area contributed by atoms with Gasteiger partial charge in [-0.05, 0) is 45.4 Å². The highest BCUT2D eigenvalue weighted by Gasteiger charge is 2.26. The second-order valence-electron chi connectivity index (χ2n) is 7.66. The van der Waals surface area contributed by atoms with Gasteiger partial charge in [0.1, 0.15) is 5.00 Å². The predicted octanol–water partition coefficient (Wildman–Crippen LogP) is 3.83. The number of fused-ring (bicyclic) bond motifs is 1. The molecule has 1 N–H and O–H groups in total. The van der Waals surface area contributed by atoms with E-state index in [0.29, 0.717) is 5.00 Å². The smallest absolute Gasteiger partial charge is 0.379 e. The summed E-state index contributed by atoms with van der Waals surface area (Å²) < 4.78 is 11.8. The number of benzene rings is 1. The minimum atomic E-state index is -1.18. The van der Waals surface area contributed by atoms with Gasteiger partial charge in [-0.15, -0.1) is 16.4 Å². The Labute approximate surface area is 204 Å². The molecular formula is C24H23N5O5S. The largest absolute Gasteiger partial charge is 0.462 e. The van der Waals surface area contributed by atoms with Crippen LogP contribution < -0.4 is 5.32 Å². The lowest BCUT2D eigenvalue weighted by molar-refractivity contribution is -0.123. The van der Waals surface area contributed by atoms with Crippen LogP contribution in [0.1, 0.15) is 46.2 Å². The average molecular weight is 494 g/mol. The zero-order valence-corrected chi connectivity index (χ0v) is 20.4. The van der Waals surface area contributed by atoms with Gasteiger partial charge < -0.3 is 14.8 Å². The number of carbonyl (C=O) groups excluding carboxylic acids is 3. The SMILES string of the molecule is CCOC(=O)c1cc(-c2ccccc2)sc1NC(=O)C(C)OC(=O)c1nc2nc(C)cc(C)n2n1. The topological polar surface area (TPSA) is 125 Å². The summed E-state index contributed by atoms with van der Waals surface area (Å²) in [6.45, 7) is 6.94. The van der Waals surface area contributed by atoms with Crippen LogP contribution in [0.15, 0.2) is 42.5 Å². The third kappa shape index (κ3) is 5.19. The highest BCUT2D eigenvalue weighted by Crippen LogP contribution is 2.36. The number of amides is 1. The van der Waals surface area contributed by atoms with E-state index >= 15 is 0 Å². The van der Waals surface area contributed by atoms with Gasteiger partial charge in [0.15, 0.2) is 6.10 Å². The lowest BCUT2D eigenvalue weighted by atomic mass is 10.1. The number of ether oxygens (including phenoxy) is 2. The zero-order valence-electron chi connectivity index (χ0n) is 19.6. The second-order valence-corrected chi connectivity index (χ2v) is 8.72. The summed E-state index contributed by atoms with van der Waals surface area (Å²) in [6.07, 6.45) is -1.18. The first kappa shape index (κ1) is 24.0. The molecule has 1 aromatic carbocycles. The number of aromatic nitrogens is 4. The monoisotopic (exact) mass is 493 g/mol. The Morgan fingerprint density at radius 1 is 1.09 bits per heavy atom. The molecule has 10 nitrogen and oxygen atoms in total. The molecule has 35 heavy (non-hydrogen) atoms. The van der Waals surface area contributed by atoms with E-state index < -0.39 is 23.9 Å². The van der Waals surface area contributed by atoms with Crippen LogP contribution >= 0.6 is 11.3 Å². The molecule has 1 atom stereocenters. The number of anilines is 1. The summed E-state index contributed by atoms with van der Waals surface area (Å²) in [4.78, 5) is 47.0. The van der Waals surface area contributed by atoms with Crippen molar-refractivity contribution in [3.8, 4) is 10.4 Å². The van der Waals surface area contributed by atoms with Crippen molar-refractivity contribution in [3.05, 3.63) is 65.2 Å². The summed E-state index contributed by atoms with van der Waals surface area (Å²) in [6, 6.07) is 12.9. The number of hydrogen-bond donors (Lipinski definition) is 1. The molecular weight excluding hydrogens is 470 g/mol. The van der Waals surface area contributed by atoms with Gasteiger partial charge in [0.05, 0.1) is 12.2 Å². The Morgan fingerprint density at radius 2 is 1.83 bits per heavy atom. The van der Waals surface area contributed by atoms with Gasteiger partial charge in [0.25, 0.3) is 17.5 Å². The van der Waals surface area contributed by atoms with Crippen molar-refractivity contribution in [1.82, 2.24) is 19.6 Å². The molecule has 1 amide bonds. The Bertz CT molecular complexity index is 1410. The van der Waals surface area contributed by atoms with Gasteiger partial charge in [-0.2, -0.15) is 4.98 Å². The predicted molar refractivity (Wildman–Crippen MR) is 129 cm³/mol. The minimum absolute atomic E-state index is 0.191. The molecule has 4 rings (SSSR count). The highest BCUT2D eigenvalue weighted by molar-refractivity contribution is 7.20. The fraction of sp³-hybridized carbons (Fsp3) is 0.250. The molecule has 11 heteroatoms. The number of carbonyl (C=O) groups is 3. The van der Waals surface area contributed by atoms with E-state index in [-0.39, 0.29) is 23.8 Å². The van der Waals surface area contributed by atoms with Crippen molar-refractivity contribution in [2.45, 2.75) is 33.8 Å². The molecule has 0 aliphatic carbocycles. The van der Waals surface area contributed by atoms with Crippen molar-refractivity contribution in [1.29, 1.82) is 0 Å². The van der Waals surface area contributed by atoms with Gasteiger partial charge in [-0.25, -0.2) is 19.1 Å². The van der Waals surface area contributed by atoms with Crippen LogP contribution in [-0.4, -0.2) is 50.1 Å². The number of rotatable bonds is 7. The highest BCUT2D eigenvalue weighted by atomic mass is 32.1. The molecule has 0 aliphatic rings. The maximum absolute atomic E-state index is 12.8. The van der Waals surface area contributed by atoms with Gasteiger partial charge >= 0.3 is 11.9 Å². The van der Waals surface area contributed by atoms with Crippen molar-refractivity contribution in [3.63, 3.8) is 0 Å². The molecule has 0 aliphatic heterocycles. The first-order valence-corrected chi connectivity index (χ1v) is 11.7. The normalized spacial score (nSPS) is 11.8. The maximum atomic E-state index is 12.8. The van der Waals surface area contributed by atoms with E-state index in [4.69, 9.17) is 9.47 Å². The number of nitrogens with zero attached hydrogens (tertiary/aromatic N) is 4. The first-order chi connectivity index (χ1) is 16.8. The van der Waals surface area contributed by atoms with Crippen LogP contribution in [0.3, 0.4) is 0 Å². The molecule has 180 valence electrons. The average Bonchev–Trinajstić information content (AvgIpc) is 3.44. The van der Waals surface area contributed by atoms with Crippen molar-refractivity contribution in [2.24, 2.45) is 0 Å². The number of thiophene rings is 1. The van der Waals surface area contributed by atoms with Crippen LogP contribution in [0.25, 0.3) is 16.2 Å². The molecule has 0 fully saturated rings.